The summed E-state index contributed by atoms with van der Waals surface area (Å²) in [5.41, 5.74) is 5.74. The molecule has 0 spiro atoms. The number of hydrogen-bond donors (Lipinski definition) is 1. The minimum absolute atomic E-state index is 0.00711. The highest BCUT2D eigenvalue weighted by Gasteiger charge is 2.20. The average molecular weight is 231 g/mol. The predicted molar refractivity (Wildman–Crippen MR) is 57.8 cm³/mol. The monoisotopic (exact) mass is 231 g/mol. The molecule has 5 heteroatoms. The minimum Gasteiger partial charge on any atom is -0.329 e. The molecule has 3 nitrogen and oxygen atoms in total. The topological polar surface area (TPSA) is 60.2 Å². The maximum Gasteiger partial charge on any atom is 0.151 e. The van der Waals surface area contributed by atoms with Gasteiger partial charge in [0.15, 0.2) is 9.84 Å². The van der Waals surface area contributed by atoms with E-state index in [0.29, 0.717) is 5.56 Å². The molecule has 0 aliphatic heterocycles. The van der Waals surface area contributed by atoms with Crippen molar-refractivity contribution in [2.24, 2.45) is 5.73 Å². The molecule has 0 aliphatic rings. The highest BCUT2D eigenvalue weighted by atomic mass is 32.2. The van der Waals surface area contributed by atoms with Gasteiger partial charge in [0.2, 0.25) is 0 Å². The lowest BCUT2D eigenvalue weighted by atomic mass is 10.1. The van der Waals surface area contributed by atoms with Crippen LogP contribution in [-0.2, 0) is 16.3 Å². The summed E-state index contributed by atoms with van der Waals surface area (Å²) in [7, 11) is -3.22. The zero-order valence-electron chi connectivity index (χ0n) is 8.48. The summed E-state index contributed by atoms with van der Waals surface area (Å²) < 4.78 is 35.8. The summed E-state index contributed by atoms with van der Waals surface area (Å²) >= 11 is 0. The molecule has 0 aromatic heterocycles. The van der Waals surface area contributed by atoms with Crippen molar-refractivity contribution < 1.29 is 12.8 Å². The second-order valence-electron chi connectivity index (χ2n) is 3.48. The van der Waals surface area contributed by atoms with E-state index in [9.17, 15) is 12.8 Å². The molecule has 84 valence electrons. The van der Waals surface area contributed by atoms with Crippen LogP contribution in [0.4, 0.5) is 4.39 Å². The van der Waals surface area contributed by atoms with Crippen LogP contribution in [0.2, 0.25) is 0 Å². The van der Waals surface area contributed by atoms with Gasteiger partial charge in [-0.1, -0.05) is 18.2 Å². The maximum atomic E-state index is 13.2. The number of sulfone groups is 1. The number of halogens is 1. The first kappa shape index (κ1) is 12.1. The second-order valence-corrected chi connectivity index (χ2v) is 5.81. The molecular formula is C10H14FNO2S. The van der Waals surface area contributed by atoms with Crippen molar-refractivity contribution in [3.63, 3.8) is 0 Å². The molecule has 15 heavy (non-hydrogen) atoms. The van der Waals surface area contributed by atoms with E-state index in [-0.39, 0.29) is 18.8 Å². The summed E-state index contributed by atoms with van der Waals surface area (Å²) in [6.45, 7) is 0.00711. The lowest BCUT2D eigenvalue weighted by Gasteiger charge is -2.12. The highest BCUT2D eigenvalue weighted by Crippen LogP contribution is 2.12. The van der Waals surface area contributed by atoms with Crippen LogP contribution in [0.1, 0.15) is 5.56 Å². The minimum atomic E-state index is -3.22. The van der Waals surface area contributed by atoms with E-state index in [2.05, 4.69) is 0 Å². The van der Waals surface area contributed by atoms with Gasteiger partial charge < -0.3 is 5.73 Å². The van der Waals surface area contributed by atoms with Gasteiger partial charge in [-0.2, -0.15) is 0 Å². The molecule has 1 aromatic rings. The Hall–Kier alpha value is -0.940. The third-order valence-electron chi connectivity index (χ3n) is 2.27. The third kappa shape index (κ3) is 3.28. The van der Waals surface area contributed by atoms with Crippen LogP contribution in [-0.4, -0.2) is 26.5 Å². The molecule has 0 radical (unpaired) electrons. The Kier molecular flexibility index (Phi) is 3.82. The Balaban J connectivity index is 2.90. The van der Waals surface area contributed by atoms with Crippen molar-refractivity contribution >= 4 is 9.84 Å². The van der Waals surface area contributed by atoms with E-state index in [1.165, 1.54) is 6.07 Å². The van der Waals surface area contributed by atoms with Crippen molar-refractivity contribution in [3.8, 4) is 0 Å². The zero-order valence-corrected chi connectivity index (χ0v) is 9.30. The number of hydrogen-bond acceptors (Lipinski definition) is 3. The maximum absolute atomic E-state index is 13.2. The summed E-state index contributed by atoms with van der Waals surface area (Å²) in [5.74, 6) is -0.389. The molecule has 2 N–H and O–H groups in total. The molecule has 0 amide bonds. The highest BCUT2D eigenvalue weighted by molar-refractivity contribution is 7.91. The third-order valence-corrected chi connectivity index (χ3v) is 3.84. The first-order valence-corrected chi connectivity index (χ1v) is 6.53. The molecule has 1 rings (SSSR count). The molecule has 0 saturated carbocycles. The van der Waals surface area contributed by atoms with Gasteiger partial charge in [-0.3, -0.25) is 0 Å². The SMILES string of the molecule is CS(=O)(=O)C(CN)Cc1ccccc1F. The molecule has 0 aliphatic carbocycles. The Bertz CT molecular complexity index is 431. The lowest BCUT2D eigenvalue weighted by molar-refractivity contribution is 0.575. The molecule has 0 saturated heterocycles. The van der Waals surface area contributed by atoms with Crippen molar-refractivity contribution in [2.75, 3.05) is 12.8 Å². The van der Waals surface area contributed by atoms with Gasteiger partial charge >= 0.3 is 0 Å². The molecule has 0 bridgehead atoms. The van der Waals surface area contributed by atoms with E-state index in [0.717, 1.165) is 6.26 Å². The normalized spacial score (nSPS) is 13.8. The van der Waals surface area contributed by atoms with Gasteiger partial charge in [0, 0.05) is 12.8 Å². The van der Waals surface area contributed by atoms with Gasteiger partial charge in [-0.15, -0.1) is 0 Å². The Morgan fingerprint density at radius 1 is 1.40 bits per heavy atom. The predicted octanol–water partition coefficient (Wildman–Crippen LogP) is 0.740. The lowest BCUT2D eigenvalue weighted by Crippen LogP contribution is -2.31. The van der Waals surface area contributed by atoms with Gasteiger partial charge in [0.1, 0.15) is 5.82 Å². The van der Waals surface area contributed by atoms with Crippen LogP contribution in [0, 0.1) is 5.82 Å². The van der Waals surface area contributed by atoms with Gasteiger partial charge in [0.05, 0.1) is 5.25 Å². The smallest absolute Gasteiger partial charge is 0.151 e. The van der Waals surface area contributed by atoms with Crippen LogP contribution in [0.25, 0.3) is 0 Å². The first-order chi connectivity index (χ1) is 6.95. The number of rotatable bonds is 4. The zero-order chi connectivity index (χ0) is 11.5. The van der Waals surface area contributed by atoms with E-state index in [1.807, 2.05) is 0 Å². The van der Waals surface area contributed by atoms with Crippen LogP contribution >= 0.6 is 0 Å². The number of nitrogens with two attached hydrogens (primary N) is 1. The van der Waals surface area contributed by atoms with Crippen molar-refractivity contribution in [1.82, 2.24) is 0 Å². The van der Waals surface area contributed by atoms with Crippen LogP contribution < -0.4 is 5.73 Å². The molecule has 1 unspecified atom stereocenters. The summed E-state index contributed by atoms with van der Waals surface area (Å²) in [5, 5.41) is -0.714. The van der Waals surface area contributed by atoms with Crippen LogP contribution in [0.15, 0.2) is 24.3 Å². The van der Waals surface area contributed by atoms with Crippen molar-refractivity contribution in [1.29, 1.82) is 0 Å². The average Bonchev–Trinajstić information content (AvgIpc) is 2.14. The summed E-state index contributed by atoms with van der Waals surface area (Å²) in [4.78, 5) is 0. The fraction of sp³-hybridized carbons (Fsp3) is 0.400. The van der Waals surface area contributed by atoms with Crippen molar-refractivity contribution in [3.05, 3.63) is 35.6 Å². The fourth-order valence-electron chi connectivity index (χ4n) is 1.32. The molecular weight excluding hydrogens is 217 g/mol. The Morgan fingerprint density at radius 3 is 2.47 bits per heavy atom. The van der Waals surface area contributed by atoms with Gasteiger partial charge in [0.25, 0.3) is 0 Å². The van der Waals surface area contributed by atoms with E-state index in [1.54, 1.807) is 18.2 Å². The quantitative estimate of drug-likeness (QED) is 0.831. The molecule has 0 fully saturated rings. The standard InChI is InChI=1S/C10H14FNO2S/c1-15(13,14)9(7-12)6-8-4-2-3-5-10(8)11/h2-5,9H,6-7,12H2,1H3. The van der Waals surface area contributed by atoms with Crippen molar-refractivity contribution in [2.45, 2.75) is 11.7 Å². The first-order valence-electron chi connectivity index (χ1n) is 4.57. The second kappa shape index (κ2) is 4.72. The summed E-state index contributed by atoms with van der Waals surface area (Å²) in [6, 6.07) is 6.12. The van der Waals surface area contributed by atoms with Crippen LogP contribution in [0.5, 0.6) is 0 Å². The number of benzene rings is 1. The largest absolute Gasteiger partial charge is 0.329 e. The summed E-state index contributed by atoms with van der Waals surface area (Å²) in [6.07, 6.45) is 1.24. The van der Waals surface area contributed by atoms with Gasteiger partial charge in [-0.05, 0) is 18.1 Å². The molecule has 0 heterocycles. The van der Waals surface area contributed by atoms with E-state index in [4.69, 9.17) is 5.73 Å². The Morgan fingerprint density at radius 2 is 2.00 bits per heavy atom. The molecule has 1 atom stereocenters. The van der Waals surface area contributed by atoms with E-state index >= 15 is 0 Å². The molecule has 1 aromatic carbocycles. The van der Waals surface area contributed by atoms with E-state index < -0.39 is 15.1 Å². The van der Waals surface area contributed by atoms with Crippen LogP contribution in [0.3, 0.4) is 0 Å². The fourth-order valence-corrected chi connectivity index (χ4v) is 2.15. The Labute approximate surface area is 89.0 Å². The van der Waals surface area contributed by atoms with Gasteiger partial charge in [-0.25, -0.2) is 12.8 Å².